The number of hydrogen-bond donors (Lipinski definition) is 0. The van der Waals surface area contributed by atoms with Gasteiger partial charge in [0.05, 0.1) is 22.9 Å². The average molecular weight is 420 g/mol. The van der Waals surface area contributed by atoms with Crippen molar-refractivity contribution >= 4 is 21.4 Å². The topological polar surface area (TPSA) is 105 Å². The Balaban J connectivity index is 2.10. The summed E-state index contributed by atoms with van der Waals surface area (Å²) in [5.74, 6) is -0.287. The highest BCUT2D eigenvalue weighted by molar-refractivity contribution is 7.91. The van der Waals surface area contributed by atoms with E-state index in [0.29, 0.717) is 29.7 Å². The first-order chi connectivity index (χ1) is 13.7. The van der Waals surface area contributed by atoms with Gasteiger partial charge < -0.3 is 9.47 Å². The summed E-state index contributed by atoms with van der Waals surface area (Å²) in [4.78, 5) is 24.8. The van der Waals surface area contributed by atoms with Crippen molar-refractivity contribution in [3.63, 3.8) is 0 Å². The SMILES string of the molecule is CCn1ncc(C(=O)c2ccc3c(c2C)C(OC)CCS3(=O)=O)c1OCC(C)=O. The van der Waals surface area contributed by atoms with Gasteiger partial charge in [0.1, 0.15) is 12.2 Å². The molecule has 1 unspecified atom stereocenters. The van der Waals surface area contributed by atoms with E-state index < -0.39 is 15.9 Å². The fourth-order valence-corrected chi connectivity index (χ4v) is 5.23. The molecule has 0 fully saturated rings. The quantitative estimate of drug-likeness (QED) is 0.633. The number of aryl methyl sites for hydroxylation is 1. The zero-order valence-corrected chi connectivity index (χ0v) is 17.7. The molecule has 0 aliphatic carbocycles. The number of aromatic nitrogens is 2. The third-order valence-electron chi connectivity index (χ3n) is 5.06. The number of hydrogen-bond acceptors (Lipinski definition) is 7. The van der Waals surface area contributed by atoms with E-state index in [2.05, 4.69) is 5.10 Å². The Morgan fingerprint density at radius 2 is 2.00 bits per heavy atom. The van der Waals surface area contributed by atoms with Crippen LogP contribution >= 0.6 is 0 Å². The second-order valence-corrected chi connectivity index (χ2v) is 9.06. The molecule has 1 aliphatic rings. The Labute approximate surface area is 169 Å². The van der Waals surface area contributed by atoms with E-state index >= 15 is 0 Å². The summed E-state index contributed by atoms with van der Waals surface area (Å²) < 4.78 is 37.5. The molecule has 3 rings (SSSR count). The number of ether oxygens (including phenoxy) is 2. The molecule has 1 aliphatic heterocycles. The minimum absolute atomic E-state index is 0.0115. The Bertz CT molecular complexity index is 1070. The number of carbonyl (C=O) groups is 2. The van der Waals surface area contributed by atoms with Gasteiger partial charge in [-0.2, -0.15) is 5.10 Å². The van der Waals surface area contributed by atoms with E-state index in [4.69, 9.17) is 9.47 Å². The van der Waals surface area contributed by atoms with Crippen molar-refractivity contribution in [2.75, 3.05) is 19.5 Å². The zero-order chi connectivity index (χ0) is 21.3. The molecule has 1 atom stereocenters. The van der Waals surface area contributed by atoms with Crippen molar-refractivity contribution in [1.29, 1.82) is 0 Å². The molecule has 9 heteroatoms. The van der Waals surface area contributed by atoms with Crippen molar-refractivity contribution in [2.24, 2.45) is 0 Å². The number of Topliss-reactive ketones (excluding diaryl/α,β-unsaturated/α-hetero) is 1. The maximum Gasteiger partial charge on any atom is 0.223 e. The minimum atomic E-state index is -3.41. The molecule has 8 nitrogen and oxygen atoms in total. The van der Waals surface area contributed by atoms with Gasteiger partial charge in [-0.05, 0) is 44.9 Å². The first-order valence-corrected chi connectivity index (χ1v) is 11.0. The van der Waals surface area contributed by atoms with Gasteiger partial charge in [0.25, 0.3) is 0 Å². The van der Waals surface area contributed by atoms with E-state index in [1.165, 1.54) is 37.0 Å². The van der Waals surface area contributed by atoms with Crippen molar-refractivity contribution in [2.45, 2.75) is 44.7 Å². The summed E-state index contributed by atoms with van der Waals surface area (Å²) in [7, 11) is -1.88. The second-order valence-electron chi connectivity index (χ2n) is 6.98. The Kier molecular flexibility index (Phi) is 5.90. The molecule has 0 spiro atoms. The molecular formula is C20H24N2O6S. The summed E-state index contributed by atoms with van der Waals surface area (Å²) in [5, 5.41) is 4.17. The number of benzene rings is 1. The first kappa shape index (κ1) is 21.2. The van der Waals surface area contributed by atoms with Crippen LogP contribution in [0.3, 0.4) is 0 Å². The molecule has 1 aromatic carbocycles. The van der Waals surface area contributed by atoms with Gasteiger partial charge >= 0.3 is 0 Å². The van der Waals surface area contributed by atoms with E-state index in [9.17, 15) is 18.0 Å². The second kappa shape index (κ2) is 8.08. The van der Waals surface area contributed by atoms with Crippen LogP contribution in [0.5, 0.6) is 5.88 Å². The zero-order valence-electron chi connectivity index (χ0n) is 16.9. The molecular weight excluding hydrogens is 396 g/mol. The number of rotatable bonds is 7. The molecule has 156 valence electrons. The predicted octanol–water partition coefficient (Wildman–Crippen LogP) is 2.28. The maximum atomic E-state index is 13.3. The van der Waals surface area contributed by atoms with Crippen molar-refractivity contribution in [3.8, 4) is 5.88 Å². The molecule has 0 amide bonds. The van der Waals surface area contributed by atoms with Crippen LogP contribution in [-0.2, 0) is 25.9 Å². The highest BCUT2D eigenvalue weighted by atomic mass is 32.2. The normalized spacial score (nSPS) is 17.6. The molecule has 2 aromatic rings. The molecule has 0 radical (unpaired) electrons. The molecule has 0 saturated carbocycles. The summed E-state index contributed by atoms with van der Waals surface area (Å²) in [6.07, 6.45) is 1.35. The van der Waals surface area contributed by atoms with Crippen LogP contribution in [-0.4, -0.2) is 49.2 Å². The van der Waals surface area contributed by atoms with Crippen LogP contribution in [0.25, 0.3) is 0 Å². The first-order valence-electron chi connectivity index (χ1n) is 9.33. The van der Waals surface area contributed by atoms with Crippen LogP contribution < -0.4 is 4.74 Å². The van der Waals surface area contributed by atoms with E-state index in [-0.39, 0.29) is 40.3 Å². The Hall–Kier alpha value is -2.52. The van der Waals surface area contributed by atoms with Crippen LogP contribution in [0.2, 0.25) is 0 Å². The lowest BCUT2D eigenvalue weighted by Crippen LogP contribution is -2.23. The standard InChI is InChI=1S/C20H24N2O6S/c1-5-22-20(28-11-12(2)23)15(10-21-22)19(24)14-6-7-17-18(13(14)3)16(27-4)8-9-29(17,25)26/h6-7,10,16H,5,8-9,11H2,1-4H3. The lowest BCUT2D eigenvalue weighted by Gasteiger charge is -2.27. The van der Waals surface area contributed by atoms with Crippen LogP contribution in [0.4, 0.5) is 0 Å². The number of nitrogens with zero attached hydrogens (tertiary/aromatic N) is 2. The smallest absolute Gasteiger partial charge is 0.223 e. The maximum absolute atomic E-state index is 13.3. The number of sulfone groups is 1. The summed E-state index contributed by atoms with van der Waals surface area (Å²) in [6.45, 7) is 5.26. The van der Waals surface area contributed by atoms with Gasteiger partial charge in [0, 0.05) is 24.8 Å². The molecule has 1 aromatic heterocycles. The van der Waals surface area contributed by atoms with Crippen molar-refractivity contribution in [1.82, 2.24) is 9.78 Å². The third-order valence-corrected chi connectivity index (χ3v) is 6.86. The number of fused-ring (bicyclic) bond motifs is 1. The van der Waals surface area contributed by atoms with Crippen LogP contribution in [0.1, 0.15) is 53.4 Å². The van der Waals surface area contributed by atoms with E-state index in [0.717, 1.165) is 0 Å². The Morgan fingerprint density at radius 3 is 2.62 bits per heavy atom. The fourth-order valence-electron chi connectivity index (χ4n) is 3.60. The Morgan fingerprint density at radius 1 is 1.28 bits per heavy atom. The largest absolute Gasteiger partial charge is 0.469 e. The molecule has 0 bridgehead atoms. The highest BCUT2D eigenvalue weighted by Crippen LogP contribution is 2.38. The molecule has 0 saturated heterocycles. The van der Waals surface area contributed by atoms with Crippen LogP contribution in [0.15, 0.2) is 23.2 Å². The molecule has 0 N–H and O–H groups in total. The fraction of sp³-hybridized carbons (Fsp3) is 0.450. The van der Waals surface area contributed by atoms with E-state index in [1.54, 1.807) is 6.92 Å². The predicted molar refractivity (Wildman–Crippen MR) is 105 cm³/mol. The third kappa shape index (κ3) is 3.84. The lowest BCUT2D eigenvalue weighted by atomic mass is 9.93. The summed E-state index contributed by atoms with van der Waals surface area (Å²) in [5.41, 5.74) is 1.66. The summed E-state index contributed by atoms with van der Waals surface area (Å²) >= 11 is 0. The lowest BCUT2D eigenvalue weighted by molar-refractivity contribution is -0.119. The van der Waals surface area contributed by atoms with Gasteiger partial charge in [-0.15, -0.1) is 0 Å². The number of methoxy groups -OCH3 is 1. The monoisotopic (exact) mass is 420 g/mol. The van der Waals surface area contributed by atoms with Gasteiger partial charge in [0.2, 0.25) is 5.88 Å². The highest BCUT2D eigenvalue weighted by Gasteiger charge is 2.34. The van der Waals surface area contributed by atoms with Gasteiger partial charge in [-0.25, -0.2) is 13.1 Å². The van der Waals surface area contributed by atoms with Crippen molar-refractivity contribution < 1.29 is 27.5 Å². The van der Waals surface area contributed by atoms with E-state index in [1.807, 2.05) is 6.92 Å². The van der Waals surface area contributed by atoms with Gasteiger partial charge in [-0.1, -0.05) is 0 Å². The average Bonchev–Trinajstić information content (AvgIpc) is 3.09. The van der Waals surface area contributed by atoms with Crippen LogP contribution in [0, 0.1) is 6.92 Å². The minimum Gasteiger partial charge on any atom is -0.469 e. The number of carbonyl (C=O) groups excluding carboxylic acids is 2. The molecule has 2 heterocycles. The van der Waals surface area contributed by atoms with Gasteiger partial charge in [-0.3, -0.25) is 9.59 Å². The van der Waals surface area contributed by atoms with Gasteiger partial charge in [0.15, 0.2) is 21.4 Å². The molecule has 29 heavy (non-hydrogen) atoms. The van der Waals surface area contributed by atoms with Crippen molar-refractivity contribution in [3.05, 3.63) is 40.6 Å². The summed E-state index contributed by atoms with van der Waals surface area (Å²) in [6, 6.07) is 2.99. The number of ketones is 2.